The van der Waals surface area contributed by atoms with Crippen LogP contribution < -0.4 is 20.7 Å². The Labute approximate surface area is 527 Å². The van der Waals surface area contributed by atoms with Gasteiger partial charge in [-0.1, -0.05) is 71.4 Å². The number of nitrogens with zero attached hydrogens (tertiary/aromatic N) is 4. The second-order valence-corrected chi connectivity index (χ2v) is 25.5. The van der Waals surface area contributed by atoms with Gasteiger partial charge in [-0.25, -0.2) is 4.98 Å². The fourth-order valence-electron chi connectivity index (χ4n) is 12.3. The van der Waals surface area contributed by atoms with Gasteiger partial charge in [0.1, 0.15) is 53.1 Å². The SMILES string of the molecule is CC[C@H](C)[C@H](CC(=O)[C@H]1CCCC[N+]1(C)Cc1ccc(OC2OCC(O)[C@H](O)[C@@H]2O)c(CC(=O)CCNC(=O)C2(N3C(=O)C=CC3=O)CNC2)c1)C(=O)N(C)[C@H](C[C@@H](OC(C)=O)c1nc(C(=O)N[C@@H](Cc2ccccc2)C[C@H](C)C(=O)O)cs1)C(C)C.O=C=O. The predicted molar refractivity (Wildman–Crippen MR) is 323 cm³/mol. The number of ketones is 2. The van der Waals surface area contributed by atoms with Gasteiger partial charge in [-0.15, -0.1) is 11.3 Å². The fraction of sp³-hybridized carbons (Fsp3) is 0.578. The van der Waals surface area contributed by atoms with Gasteiger partial charge >= 0.3 is 18.1 Å². The zero-order valence-electron chi connectivity index (χ0n) is 52.3. The van der Waals surface area contributed by atoms with Crippen LogP contribution in [-0.4, -0.2) is 194 Å². The summed E-state index contributed by atoms with van der Waals surface area (Å²) in [5, 5.41) is 51.6. The van der Waals surface area contributed by atoms with Gasteiger partial charge in [0.2, 0.25) is 18.1 Å². The summed E-state index contributed by atoms with van der Waals surface area (Å²) in [7, 11) is 3.71. The van der Waals surface area contributed by atoms with Gasteiger partial charge in [-0.2, -0.15) is 9.59 Å². The molecular weight excluding hydrogens is 1190 g/mol. The summed E-state index contributed by atoms with van der Waals surface area (Å²) in [6.07, 6.45) is -1.38. The highest BCUT2D eigenvalue weighted by atomic mass is 32.1. The van der Waals surface area contributed by atoms with Crippen molar-refractivity contribution >= 4 is 70.5 Å². The van der Waals surface area contributed by atoms with Crippen LogP contribution in [0.25, 0.3) is 0 Å². The van der Waals surface area contributed by atoms with Gasteiger partial charge < -0.3 is 60.0 Å². The second-order valence-electron chi connectivity index (χ2n) is 24.6. The third kappa shape index (κ3) is 18.2. The maximum Gasteiger partial charge on any atom is 0.373 e. The first-order chi connectivity index (χ1) is 42.7. The fourth-order valence-corrected chi connectivity index (χ4v) is 13.1. The summed E-state index contributed by atoms with van der Waals surface area (Å²) >= 11 is 1.13. The lowest BCUT2D eigenvalue weighted by molar-refractivity contribution is -0.941. The number of imide groups is 1. The van der Waals surface area contributed by atoms with E-state index in [2.05, 4.69) is 20.9 Å². The first kappa shape index (κ1) is 71.7. The minimum Gasteiger partial charge on any atom is -0.481 e. The Bertz CT molecular complexity index is 3090. The molecule has 0 aliphatic carbocycles. The van der Waals surface area contributed by atoms with Crippen LogP contribution in [0.5, 0.6) is 5.75 Å². The van der Waals surface area contributed by atoms with E-state index in [-0.39, 0.29) is 105 Å². The van der Waals surface area contributed by atoms with E-state index in [0.29, 0.717) is 47.4 Å². The number of esters is 1. The average Bonchev–Trinajstić information content (AvgIpc) is 1.42. The van der Waals surface area contributed by atoms with Gasteiger partial charge in [0.25, 0.3) is 17.7 Å². The number of rotatable bonds is 30. The Balaban J connectivity index is 0.00000421. The summed E-state index contributed by atoms with van der Waals surface area (Å²) in [4.78, 5) is 144. The van der Waals surface area contributed by atoms with Gasteiger partial charge in [-0.3, -0.25) is 48.1 Å². The normalized spacial score (nSPS) is 23.1. The van der Waals surface area contributed by atoms with Crippen molar-refractivity contribution in [3.63, 3.8) is 0 Å². The average molecular weight is 1270 g/mol. The molecule has 90 heavy (non-hydrogen) atoms. The molecule has 0 spiro atoms. The number of hydrogen-bond acceptors (Lipinski definition) is 20. The number of hydrogen-bond donors (Lipinski definition) is 7. The molecule has 0 bridgehead atoms. The third-order valence-electron chi connectivity index (χ3n) is 17.7. The van der Waals surface area contributed by atoms with Crippen LogP contribution in [0.2, 0.25) is 0 Å². The molecule has 3 fully saturated rings. The third-order valence-corrected chi connectivity index (χ3v) is 18.6. The van der Waals surface area contributed by atoms with E-state index in [0.717, 1.165) is 52.4 Å². The minimum atomic E-state index is -1.64. The topological polar surface area (TPSA) is 352 Å². The Morgan fingerprint density at radius 1 is 0.956 bits per heavy atom. The smallest absolute Gasteiger partial charge is 0.373 e. The lowest BCUT2D eigenvalue weighted by Crippen LogP contribution is -2.76. The Morgan fingerprint density at radius 3 is 2.24 bits per heavy atom. The van der Waals surface area contributed by atoms with E-state index < -0.39 is 102 Å². The van der Waals surface area contributed by atoms with E-state index in [9.17, 15) is 54.0 Å². The van der Waals surface area contributed by atoms with Gasteiger partial charge in [0, 0.05) is 112 Å². The number of carboxylic acids is 1. The number of aliphatic carboxylic acids is 1. The molecule has 4 aliphatic rings. The number of aliphatic hydroxyl groups excluding tert-OH is 3. The zero-order valence-corrected chi connectivity index (χ0v) is 53.1. The number of aliphatic hydroxyl groups is 3. The molecule has 5 amide bonds. The molecule has 26 heteroatoms. The van der Waals surface area contributed by atoms with Gasteiger partial charge in [-0.05, 0) is 61.3 Å². The molecule has 3 aromatic rings. The zero-order chi connectivity index (χ0) is 66.2. The Morgan fingerprint density at radius 2 is 1.63 bits per heavy atom. The number of Topliss-reactive ketones (excluding diaryl/α,β-unsaturated/α-hetero) is 2. The van der Waals surface area contributed by atoms with E-state index in [1.165, 1.54) is 6.92 Å². The first-order valence-electron chi connectivity index (χ1n) is 30.5. The number of nitrogens with one attached hydrogen (secondary N) is 3. The van der Waals surface area contributed by atoms with Crippen molar-refractivity contribution in [1.82, 2.24) is 30.7 Å². The van der Waals surface area contributed by atoms with Crippen LogP contribution in [0.3, 0.4) is 0 Å². The summed E-state index contributed by atoms with van der Waals surface area (Å²) in [6, 6.07) is 13.1. The number of thiazole rings is 1. The monoisotopic (exact) mass is 1270 g/mol. The number of likely N-dealkylation sites (N-methyl/N-ethyl adjacent to an activating group) is 1. The predicted octanol–water partition coefficient (Wildman–Crippen LogP) is 3.01. The number of benzene rings is 2. The number of carbonyl (C=O) groups is 9. The molecule has 1 aromatic heterocycles. The highest BCUT2D eigenvalue weighted by Gasteiger charge is 2.54. The van der Waals surface area contributed by atoms with Gasteiger partial charge in [0.05, 0.1) is 26.1 Å². The highest BCUT2D eigenvalue weighted by molar-refractivity contribution is 7.09. The molecule has 7 N–H and O–H groups in total. The first-order valence-corrected chi connectivity index (χ1v) is 31.4. The second kappa shape index (κ2) is 32.5. The Hall–Kier alpha value is -7.42. The van der Waals surface area contributed by atoms with Crippen molar-refractivity contribution in [2.24, 2.45) is 23.7 Å². The molecule has 0 radical (unpaired) electrons. The number of ether oxygens (including phenoxy) is 3. The number of aromatic nitrogens is 1. The molecule has 490 valence electrons. The van der Waals surface area contributed by atoms with E-state index in [1.54, 1.807) is 42.5 Å². The van der Waals surface area contributed by atoms with Crippen LogP contribution in [0.4, 0.5) is 0 Å². The number of likely N-dealkylation sites (tertiary alicyclic amines) is 1. The van der Waals surface area contributed by atoms with Crippen molar-refractivity contribution in [1.29, 1.82) is 0 Å². The molecule has 12 atom stereocenters. The minimum absolute atomic E-state index is 0.0389. The van der Waals surface area contributed by atoms with E-state index in [1.807, 2.05) is 65.1 Å². The number of carbonyl (C=O) groups excluding carboxylic acids is 10. The summed E-state index contributed by atoms with van der Waals surface area (Å²) in [5.74, 6) is -6.18. The van der Waals surface area contributed by atoms with Crippen LogP contribution in [0.15, 0.2) is 66.1 Å². The lowest BCUT2D eigenvalue weighted by atomic mass is 9.82. The quantitative estimate of drug-likeness (QED) is 0.0286. The van der Waals surface area contributed by atoms with Crippen LogP contribution in [0.1, 0.15) is 131 Å². The standard InChI is InChI=1S/C63H85N7O16S.CO2/c1-9-37(4)45(59(80)68(7)47(36(2)3)30-52(85-39(6)71)58-67-46(33-87-58)57(79)66-43(25-38(5)60(81)82)27-40-15-11-10-12-16-40)29-49(73)48-17-13-14-24-70(48,8)31-41-18-19-51(86-61-56(78)55(77)50(74)32-84-61)42(26-41)28-44(72)22-23-65-62(83)63(34-64-35-63)69-53(75)20-21-54(69)76;2-1-3/h10-12,15-16,18-21,26,33,36-38,43,45,47-48,50,52,55-56,61,64,74,77-78H,9,13-14,17,22-25,27-32,34-35H2,1-8H3,(H2-,65,66,79,81,82,83);/p+1/t37-,38-,43+,45-,47+,48+,50?,52+,55-,56-,61?,70?;/m0./s1. The molecule has 25 nitrogen and oxygen atoms in total. The van der Waals surface area contributed by atoms with Crippen LogP contribution in [0, 0.1) is 23.7 Å². The van der Waals surface area contributed by atoms with Crippen molar-refractivity contribution in [3.8, 4) is 5.75 Å². The largest absolute Gasteiger partial charge is 0.481 e. The number of carboxylic acid groups (broad SMARTS) is 1. The number of quaternary nitrogens is 1. The Kier molecular flexibility index (Phi) is 25.9. The maximum absolute atomic E-state index is 15.1. The van der Waals surface area contributed by atoms with E-state index >= 15 is 9.59 Å². The van der Waals surface area contributed by atoms with Crippen LogP contribution >= 0.6 is 11.3 Å². The molecule has 0 saturated carbocycles. The molecule has 2 aromatic carbocycles. The van der Waals surface area contributed by atoms with Crippen molar-refractivity contribution < 1.29 is 91.9 Å². The lowest BCUT2D eigenvalue weighted by Gasteiger charge is -2.46. The van der Waals surface area contributed by atoms with E-state index in [4.69, 9.17) is 23.8 Å². The molecule has 7 rings (SSSR count). The molecule has 4 aliphatic heterocycles. The van der Waals surface area contributed by atoms with Crippen molar-refractivity contribution in [2.45, 2.75) is 167 Å². The molecular formula is C64H86N7O18S+. The maximum atomic E-state index is 15.1. The molecule has 3 unspecified atom stereocenters. The summed E-state index contributed by atoms with van der Waals surface area (Å²) in [5.41, 5.74) is 0.694. The van der Waals surface area contributed by atoms with Crippen molar-refractivity contribution in [3.05, 3.63) is 93.5 Å². The number of piperidine rings is 1. The highest BCUT2D eigenvalue weighted by Crippen LogP contribution is 2.36. The van der Waals surface area contributed by atoms with Crippen molar-refractivity contribution in [2.75, 3.05) is 46.9 Å². The number of amides is 5. The molecule has 5 heterocycles. The van der Waals surface area contributed by atoms with Crippen LogP contribution in [-0.2, 0) is 76.8 Å². The molecule has 3 saturated heterocycles. The van der Waals surface area contributed by atoms with Gasteiger partial charge in [0.15, 0.2) is 17.4 Å². The summed E-state index contributed by atoms with van der Waals surface area (Å²) in [6.45, 7) is 11.3. The summed E-state index contributed by atoms with van der Waals surface area (Å²) < 4.78 is 17.8.